The van der Waals surface area contributed by atoms with Crippen molar-refractivity contribution in [2.75, 3.05) is 7.05 Å². The van der Waals surface area contributed by atoms with E-state index in [4.69, 9.17) is 10.5 Å². The number of carbonyl (C=O) groups is 1. The van der Waals surface area contributed by atoms with Gasteiger partial charge in [0, 0.05) is 19.0 Å². The number of ether oxygens (including phenoxy) is 1. The molecular weight excluding hydrogens is 338 g/mol. The van der Waals surface area contributed by atoms with E-state index in [1.165, 1.54) is 10.5 Å². The molecule has 0 saturated heterocycles. The van der Waals surface area contributed by atoms with E-state index in [-0.39, 0.29) is 11.9 Å². The quantitative estimate of drug-likeness (QED) is 0.888. The molecular formula is C22H25N3O2. The van der Waals surface area contributed by atoms with Gasteiger partial charge in [0.05, 0.1) is 0 Å². The summed E-state index contributed by atoms with van der Waals surface area (Å²) < 4.78 is 6.18. The van der Waals surface area contributed by atoms with Gasteiger partial charge in [-0.2, -0.15) is 0 Å². The van der Waals surface area contributed by atoms with Crippen LogP contribution in [0.3, 0.4) is 0 Å². The number of hydrogen-bond acceptors (Lipinski definition) is 4. The SMILES string of the molecule is CCc1cccc(-c2ccc3c(c2)C2(CC(C)(C)O3)N=C(N)N(C)C2=O)c1. The van der Waals surface area contributed by atoms with E-state index in [0.717, 1.165) is 23.1 Å². The van der Waals surface area contributed by atoms with Crippen molar-refractivity contribution in [3.8, 4) is 16.9 Å². The van der Waals surface area contributed by atoms with Gasteiger partial charge in [-0.25, -0.2) is 4.99 Å². The van der Waals surface area contributed by atoms with Crippen molar-refractivity contribution in [2.24, 2.45) is 10.7 Å². The van der Waals surface area contributed by atoms with Crippen molar-refractivity contribution in [3.05, 3.63) is 53.6 Å². The van der Waals surface area contributed by atoms with Crippen LogP contribution in [0, 0.1) is 0 Å². The molecule has 1 unspecified atom stereocenters. The predicted molar refractivity (Wildman–Crippen MR) is 107 cm³/mol. The van der Waals surface area contributed by atoms with Crippen molar-refractivity contribution in [3.63, 3.8) is 0 Å². The van der Waals surface area contributed by atoms with E-state index in [1.54, 1.807) is 7.05 Å². The molecule has 0 fully saturated rings. The van der Waals surface area contributed by atoms with Crippen LogP contribution in [0.5, 0.6) is 5.75 Å². The van der Waals surface area contributed by atoms with Crippen molar-refractivity contribution < 1.29 is 9.53 Å². The zero-order chi connectivity index (χ0) is 19.4. The molecule has 2 aliphatic rings. The van der Waals surface area contributed by atoms with Gasteiger partial charge in [0.1, 0.15) is 11.4 Å². The van der Waals surface area contributed by atoms with Crippen LogP contribution in [-0.4, -0.2) is 29.4 Å². The van der Waals surface area contributed by atoms with E-state index in [2.05, 4.69) is 36.2 Å². The predicted octanol–water partition coefficient (Wildman–Crippen LogP) is 3.46. The fourth-order valence-electron chi connectivity index (χ4n) is 4.13. The molecule has 5 heteroatoms. The zero-order valence-corrected chi connectivity index (χ0v) is 16.2. The van der Waals surface area contributed by atoms with Gasteiger partial charge in [0.2, 0.25) is 0 Å². The Kier molecular flexibility index (Phi) is 3.81. The summed E-state index contributed by atoms with van der Waals surface area (Å²) in [6.07, 6.45) is 1.43. The van der Waals surface area contributed by atoms with Crippen LogP contribution in [-0.2, 0) is 16.8 Å². The highest BCUT2D eigenvalue weighted by Gasteiger charge is 2.55. The second kappa shape index (κ2) is 5.84. The van der Waals surface area contributed by atoms with Crippen LogP contribution in [0.1, 0.15) is 38.3 Å². The number of rotatable bonds is 2. The highest BCUT2D eigenvalue weighted by Crippen LogP contribution is 2.49. The number of guanidine groups is 1. The first kappa shape index (κ1) is 17.6. The highest BCUT2D eigenvalue weighted by molar-refractivity contribution is 6.07. The van der Waals surface area contributed by atoms with Gasteiger partial charge in [0.25, 0.3) is 5.91 Å². The molecule has 0 aliphatic carbocycles. The van der Waals surface area contributed by atoms with Gasteiger partial charge in [-0.15, -0.1) is 0 Å². The molecule has 2 aromatic rings. The first-order valence-corrected chi connectivity index (χ1v) is 9.32. The number of benzene rings is 2. The van der Waals surface area contributed by atoms with Crippen LogP contribution < -0.4 is 10.5 Å². The Labute approximate surface area is 159 Å². The number of amides is 1. The standard InChI is InChI=1S/C22H25N3O2/c1-5-14-7-6-8-15(11-14)16-9-10-18-17(12-16)22(13-21(2,3)27-18)19(26)25(4)20(23)24-22/h6-12H,5,13H2,1-4H3,(H2,23,24). The molecule has 140 valence electrons. The molecule has 4 rings (SSSR count). The van der Waals surface area contributed by atoms with E-state index in [0.29, 0.717) is 12.2 Å². The number of hydrogen-bond donors (Lipinski definition) is 1. The molecule has 27 heavy (non-hydrogen) atoms. The molecule has 1 atom stereocenters. The lowest BCUT2D eigenvalue weighted by Crippen LogP contribution is -2.49. The molecule has 0 bridgehead atoms. The second-order valence-electron chi connectivity index (χ2n) is 8.00. The van der Waals surface area contributed by atoms with E-state index >= 15 is 0 Å². The third-order valence-corrected chi connectivity index (χ3v) is 5.47. The molecule has 0 aromatic heterocycles. The number of aliphatic imine (C=N–C) groups is 1. The Morgan fingerprint density at radius 1 is 1.19 bits per heavy atom. The first-order chi connectivity index (χ1) is 12.8. The zero-order valence-electron chi connectivity index (χ0n) is 16.2. The van der Waals surface area contributed by atoms with E-state index in [1.807, 2.05) is 32.0 Å². The van der Waals surface area contributed by atoms with Gasteiger partial charge in [0.15, 0.2) is 11.5 Å². The van der Waals surface area contributed by atoms with Gasteiger partial charge in [-0.1, -0.05) is 37.3 Å². The van der Waals surface area contributed by atoms with Crippen molar-refractivity contribution >= 4 is 11.9 Å². The summed E-state index contributed by atoms with van der Waals surface area (Å²) in [5.41, 5.74) is 8.72. The number of likely N-dealkylation sites (N-methyl/N-ethyl adjacent to an activating group) is 1. The molecule has 0 radical (unpaired) electrons. The summed E-state index contributed by atoms with van der Waals surface area (Å²) in [6.45, 7) is 6.10. The smallest absolute Gasteiger partial charge is 0.261 e. The van der Waals surface area contributed by atoms with Crippen LogP contribution in [0.2, 0.25) is 0 Å². The number of carbonyl (C=O) groups excluding carboxylic acids is 1. The molecule has 2 aromatic carbocycles. The largest absolute Gasteiger partial charge is 0.487 e. The van der Waals surface area contributed by atoms with Gasteiger partial charge >= 0.3 is 0 Å². The summed E-state index contributed by atoms with van der Waals surface area (Å²) in [5, 5.41) is 0. The summed E-state index contributed by atoms with van der Waals surface area (Å²) in [4.78, 5) is 19.2. The van der Waals surface area contributed by atoms with Crippen LogP contribution in [0.15, 0.2) is 47.5 Å². The van der Waals surface area contributed by atoms with Crippen LogP contribution in [0.4, 0.5) is 0 Å². The van der Waals surface area contributed by atoms with Crippen molar-refractivity contribution in [1.82, 2.24) is 4.90 Å². The Bertz CT molecular complexity index is 964. The summed E-state index contributed by atoms with van der Waals surface area (Å²) in [6, 6.07) is 14.5. The maximum Gasteiger partial charge on any atom is 0.261 e. The lowest BCUT2D eigenvalue weighted by molar-refractivity contribution is -0.133. The minimum absolute atomic E-state index is 0.0999. The second-order valence-corrected chi connectivity index (χ2v) is 8.00. The molecule has 5 nitrogen and oxygen atoms in total. The number of fused-ring (bicyclic) bond motifs is 2. The fourth-order valence-corrected chi connectivity index (χ4v) is 4.13. The molecule has 2 N–H and O–H groups in total. The maximum absolute atomic E-state index is 13.2. The Morgan fingerprint density at radius 2 is 1.93 bits per heavy atom. The third-order valence-electron chi connectivity index (χ3n) is 5.47. The minimum atomic E-state index is -1.02. The normalized spacial score (nSPS) is 23.2. The molecule has 1 spiro atoms. The fraction of sp³-hybridized carbons (Fsp3) is 0.364. The lowest BCUT2D eigenvalue weighted by Gasteiger charge is -2.41. The molecule has 0 saturated carbocycles. The molecule has 2 heterocycles. The topological polar surface area (TPSA) is 67.9 Å². The number of nitrogens with zero attached hydrogens (tertiary/aromatic N) is 2. The number of nitrogens with two attached hydrogens (primary N) is 1. The summed E-state index contributed by atoms with van der Waals surface area (Å²) in [5.74, 6) is 0.848. The first-order valence-electron chi connectivity index (χ1n) is 9.32. The Balaban J connectivity index is 1.90. The average Bonchev–Trinajstić information content (AvgIpc) is 2.85. The van der Waals surface area contributed by atoms with Crippen molar-refractivity contribution in [2.45, 2.75) is 44.8 Å². The molecule has 1 amide bonds. The average molecular weight is 363 g/mol. The maximum atomic E-state index is 13.2. The molecule has 2 aliphatic heterocycles. The van der Waals surface area contributed by atoms with Crippen molar-refractivity contribution in [1.29, 1.82) is 0 Å². The van der Waals surface area contributed by atoms with Crippen LogP contribution >= 0.6 is 0 Å². The summed E-state index contributed by atoms with van der Waals surface area (Å²) >= 11 is 0. The Hall–Kier alpha value is -2.82. The Morgan fingerprint density at radius 3 is 2.59 bits per heavy atom. The highest BCUT2D eigenvalue weighted by atomic mass is 16.5. The minimum Gasteiger partial charge on any atom is -0.487 e. The monoisotopic (exact) mass is 363 g/mol. The van der Waals surface area contributed by atoms with Gasteiger partial charge in [-0.3, -0.25) is 9.69 Å². The number of aryl methyl sites for hydroxylation is 1. The van der Waals surface area contributed by atoms with Crippen LogP contribution in [0.25, 0.3) is 11.1 Å². The van der Waals surface area contributed by atoms with E-state index < -0.39 is 11.1 Å². The van der Waals surface area contributed by atoms with Gasteiger partial charge in [-0.05, 0) is 49.1 Å². The summed E-state index contributed by atoms with van der Waals surface area (Å²) in [7, 11) is 1.67. The lowest BCUT2D eigenvalue weighted by atomic mass is 9.77. The third kappa shape index (κ3) is 2.69. The van der Waals surface area contributed by atoms with Gasteiger partial charge < -0.3 is 10.5 Å². The van der Waals surface area contributed by atoms with E-state index in [9.17, 15) is 4.79 Å².